The van der Waals surface area contributed by atoms with Crippen molar-refractivity contribution in [1.29, 1.82) is 0 Å². The minimum Gasteiger partial charge on any atom is -0.280 e. The molecule has 0 aromatic heterocycles. The van der Waals surface area contributed by atoms with Gasteiger partial charge in [-0.15, -0.1) is 0 Å². The molecule has 26 heavy (non-hydrogen) atoms. The van der Waals surface area contributed by atoms with E-state index >= 15 is 0 Å². The summed E-state index contributed by atoms with van der Waals surface area (Å²) in [5.74, 6) is -0.938. The minimum atomic E-state index is -3.88. The molecule has 0 aliphatic rings. The number of anilines is 1. The number of sulfonamides is 1. The number of rotatable bonds is 6. The SMILES string of the molecule is CCCC(=O)NNC(=O)c1cccc(S(=O)(=O)Nc2ccc(Cl)cc2)c1. The molecule has 0 unspecified atom stereocenters. The van der Waals surface area contributed by atoms with Crippen LogP contribution in [0.15, 0.2) is 53.4 Å². The highest BCUT2D eigenvalue weighted by atomic mass is 35.5. The van der Waals surface area contributed by atoms with E-state index in [2.05, 4.69) is 15.6 Å². The number of hydrogen-bond acceptors (Lipinski definition) is 4. The van der Waals surface area contributed by atoms with E-state index in [-0.39, 0.29) is 22.8 Å². The van der Waals surface area contributed by atoms with Gasteiger partial charge >= 0.3 is 0 Å². The fourth-order valence-electron chi connectivity index (χ4n) is 2.02. The van der Waals surface area contributed by atoms with Crippen LogP contribution in [0.3, 0.4) is 0 Å². The van der Waals surface area contributed by atoms with Gasteiger partial charge in [-0.2, -0.15) is 0 Å². The smallest absolute Gasteiger partial charge is 0.269 e. The van der Waals surface area contributed by atoms with Crippen LogP contribution in [0.4, 0.5) is 5.69 Å². The van der Waals surface area contributed by atoms with Gasteiger partial charge in [0.05, 0.1) is 4.90 Å². The van der Waals surface area contributed by atoms with Gasteiger partial charge in [-0.1, -0.05) is 24.6 Å². The van der Waals surface area contributed by atoms with Gasteiger partial charge in [0.15, 0.2) is 0 Å². The van der Waals surface area contributed by atoms with Crippen LogP contribution in [0.1, 0.15) is 30.1 Å². The number of nitrogens with one attached hydrogen (secondary N) is 3. The van der Waals surface area contributed by atoms with Crippen molar-refractivity contribution in [2.75, 3.05) is 4.72 Å². The maximum Gasteiger partial charge on any atom is 0.269 e. The quantitative estimate of drug-likeness (QED) is 0.654. The molecule has 2 aromatic rings. The summed E-state index contributed by atoms with van der Waals surface area (Å²) in [6, 6.07) is 11.6. The second-order valence-corrected chi connectivity index (χ2v) is 7.51. The van der Waals surface area contributed by atoms with E-state index in [9.17, 15) is 18.0 Å². The zero-order valence-electron chi connectivity index (χ0n) is 14.0. The summed E-state index contributed by atoms with van der Waals surface area (Å²) < 4.78 is 27.3. The van der Waals surface area contributed by atoms with Crippen LogP contribution in [0.2, 0.25) is 5.02 Å². The number of amides is 2. The van der Waals surface area contributed by atoms with Gasteiger partial charge in [0.2, 0.25) is 5.91 Å². The third-order valence-electron chi connectivity index (χ3n) is 3.30. The van der Waals surface area contributed by atoms with Crippen molar-refractivity contribution >= 4 is 39.1 Å². The number of carbonyl (C=O) groups excluding carboxylic acids is 2. The zero-order chi connectivity index (χ0) is 19.2. The highest BCUT2D eigenvalue weighted by Gasteiger charge is 2.17. The van der Waals surface area contributed by atoms with Crippen LogP contribution in [0.25, 0.3) is 0 Å². The predicted molar refractivity (Wildman–Crippen MR) is 99.2 cm³/mol. The summed E-state index contributed by atoms with van der Waals surface area (Å²) in [5.41, 5.74) is 4.96. The van der Waals surface area contributed by atoms with Gasteiger partial charge in [-0.3, -0.25) is 25.2 Å². The van der Waals surface area contributed by atoms with Gasteiger partial charge in [-0.05, 0) is 48.9 Å². The molecule has 2 rings (SSSR count). The van der Waals surface area contributed by atoms with Crippen molar-refractivity contribution in [2.24, 2.45) is 0 Å². The third kappa shape index (κ3) is 5.47. The van der Waals surface area contributed by atoms with Crippen LogP contribution in [0.5, 0.6) is 0 Å². The molecule has 0 aliphatic carbocycles. The maximum absolute atomic E-state index is 12.5. The van der Waals surface area contributed by atoms with Gasteiger partial charge in [0.1, 0.15) is 0 Å². The molecule has 9 heteroatoms. The van der Waals surface area contributed by atoms with Crippen molar-refractivity contribution in [2.45, 2.75) is 24.7 Å². The first-order chi connectivity index (χ1) is 12.3. The Bertz CT molecular complexity index is 898. The molecule has 2 aromatic carbocycles. The molecule has 0 radical (unpaired) electrons. The molecule has 138 valence electrons. The van der Waals surface area contributed by atoms with E-state index in [1.807, 2.05) is 6.92 Å². The molecule has 0 saturated carbocycles. The van der Waals surface area contributed by atoms with Crippen LogP contribution in [-0.2, 0) is 14.8 Å². The first kappa shape index (κ1) is 19.7. The van der Waals surface area contributed by atoms with Gasteiger partial charge < -0.3 is 0 Å². The number of halogens is 1. The van der Waals surface area contributed by atoms with Crippen LogP contribution < -0.4 is 15.6 Å². The predicted octanol–water partition coefficient (Wildman–Crippen LogP) is 2.70. The van der Waals surface area contributed by atoms with Crippen molar-refractivity contribution in [3.8, 4) is 0 Å². The lowest BCUT2D eigenvalue weighted by atomic mass is 10.2. The summed E-state index contributed by atoms with van der Waals surface area (Å²) in [6.45, 7) is 1.84. The largest absolute Gasteiger partial charge is 0.280 e. The molecule has 7 nitrogen and oxygen atoms in total. The lowest BCUT2D eigenvalue weighted by Crippen LogP contribution is -2.41. The van der Waals surface area contributed by atoms with Gasteiger partial charge in [0.25, 0.3) is 15.9 Å². The molecule has 2 amide bonds. The molecule has 0 aliphatic heterocycles. The van der Waals surface area contributed by atoms with Gasteiger partial charge in [0, 0.05) is 22.7 Å². The summed E-state index contributed by atoms with van der Waals surface area (Å²) >= 11 is 5.78. The lowest BCUT2D eigenvalue weighted by Gasteiger charge is -2.10. The highest BCUT2D eigenvalue weighted by Crippen LogP contribution is 2.19. The summed E-state index contributed by atoms with van der Waals surface area (Å²) in [4.78, 5) is 23.4. The summed E-state index contributed by atoms with van der Waals surface area (Å²) in [5, 5.41) is 0.483. The fourth-order valence-corrected chi connectivity index (χ4v) is 3.25. The number of benzene rings is 2. The lowest BCUT2D eigenvalue weighted by molar-refractivity contribution is -0.121. The standard InChI is InChI=1S/C17H18ClN3O4S/c1-2-4-16(22)19-20-17(23)12-5-3-6-15(11-12)26(24,25)21-14-9-7-13(18)8-10-14/h3,5-11,21H,2,4H2,1H3,(H,19,22)(H,20,23). The fraction of sp³-hybridized carbons (Fsp3) is 0.176. The molecule has 0 spiro atoms. The highest BCUT2D eigenvalue weighted by molar-refractivity contribution is 7.92. The van der Waals surface area contributed by atoms with E-state index in [0.717, 1.165) is 0 Å². The summed E-state index contributed by atoms with van der Waals surface area (Å²) in [7, 11) is -3.88. The van der Waals surface area contributed by atoms with Crippen LogP contribution >= 0.6 is 11.6 Å². The molecular formula is C17H18ClN3O4S. The Morgan fingerprint density at radius 2 is 1.73 bits per heavy atom. The Hall–Kier alpha value is -2.58. The molecule has 0 saturated heterocycles. The normalized spacial score (nSPS) is 10.8. The topological polar surface area (TPSA) is 104 Å². The Labute approximate surface area is 156 Å². The first-order valence-electron chi connectivity index (χ1n) is 7.79. The zero-order valence-corrected chi connectivity index (χ0v) is 15.5. The molecule has 0 fully saturated rings. The first-order valence-corrected chi connectivity index (χ1v) is 9.65. The van der Waals surface area contributed by atoms with Crippen LogP contribution in [0, 0.1) is 0 Å². The molecule has 0 atom stereocenters. The van der Waals surface area contributed by atoms with E-state index in [4.69, 9.17) is 11.6 Å². The van der Waals surface area contributed by atoms with Crippen LogP contribution in [-0.4, -0.2) is 20.2 Å². The number of carbonyl (C=O) groups is 2. The van der Waals surface area contributed by atoms with Gasteiger partial charge in [-0.25, -0.2) is 8.42 Å². The Morgan fingerprint density at radius 1 is 1.04 bits per heavy atom. The average molecular weight is 396 g/mol. The molecule has 0 heterocycles. The monoisotopic (exact) mass is 395 g/mol. The van der Waals surface area contributed by atoms with E-state index < -0.39 is 15.9 Å². The number of hydrazine groups is 1. The maximum atomic E-state index is 12.5. The second kappa shape index (κ2) is 8.68. The Kier molecular flexibility index (Phi) is 6.59. The van der Waals surface area contributed by atoms with Crippen molar-refractivity contribution in [3.63, 3.8) is 0 Å². The van der Waals surface area contributed by atoms with Crippen molar-refractivity contribution < 1.29 is 18.0 Å². The second-order valence-electron chi connectivity index (χ2n) is 5.39. The van der Waals surface area contributed by atoms with E-state index in [1.54, 1.807) is 12.1 Å². The third-order valence-corrected chi connectivity index (χ3v) is 4.93. The molecule has 0 bridgehead atoms. The molecule has 3 N–H and O–H groups in total. The summed E-state index contributed by atoms with van der Waals surface area (Å²) in [6.07, 6.45) is 0.922. The Balaban J connectivity index is 2.12. The molecular weight excluding hydrogens is 378 g/mol. The van der Waals surface area contributed by atoms with Crippen molar-refractivity contribution in [3.05, 3.63) is 59.1 Å². The minimum absolute atomic E-state index is 0.0833. The number of hydrogen-bond donors (Lipinski definition) is 3. The van der Waals surface area contributed by atoms with Crippen molar-refractivity contribution in [1.82, 2.24) is 10.9 Å². The van der Waals surface area contributed by atoms with E-state index in [1.165, 1.54) is 36.4 Å². The average Bonchev–Trinajstić information content (AvgIpc) is 2.62. The Morgan fingerprint density at radius 3 is 2.38 bits per heavy atom. The van der Waals surface area contributed by atoms with E-state index in [0.29, 0.717) is 17.1 Å².